The summed E-state index contributed by atoms with van der Waals surface area (Å²) in [6.45, 7) is 3.82. The van der Waals surface area contributed by atoms with E-state index in [2.05, 4.69) is 36.5 Å². The van der Waals surface area contributed by atoms with Crippen molar-refractivity contribution in [3.8, 4) is 0 Å². The van der Waals surface area contributed by atoms with Crippen molar-refractivity contribution in [2.45, 2.75) is 25.9 Å². The van der Waals surface area contributed by atoms with Gasteiger partial charge >= 0.3 is 0 Å². The number of fused-ring (bicyclic) bond motifs is 1. The van der Waals surface area contributed by atoms with Crippen LogP contribution < -0.4 is 5.32 Å². The molecular weight excluding hydrogens is 324 g/mol. The second-order valence-corrected chi connectivity index (χ2v) is 6.98. The molecule has 0 radical (unpaired) electrons. The van der Waals surface area contributed by atoms with Crippen LogP contribution in [0.4, 0.5) is 5.69 Å². The lowest BCUT2D eigenvalue weighted by Gasteiger charge is -2.10. The SMILES string of the molecule is CNc1ccc(C)cc1.O=CN1C[C@H]2CC(O)C[C@H]2C1.c1ccccc1. The topological polar surface area (TPSA) is 52.6 Å². The molecule has 1 aliphatic heterocycles. The van der Waals surface area contributed by atoms with Crippen molar-refractivity contribution in [1.82, 2.24) is 4.90 Å². The molecule has 2 N–H and O–H groups in total. The lowest BCUT2D eigenvalue weighted by atomic mass is 10.0. The van der Waals surface area contributed by atoms with Gasteiger partial charge in [0.05, 0.1) is 6.10 Å². The summed E-state index contributed by atoms with van der Waals surface area (Å²) in [6.07, 6.45) is 2.62. The smallest absolute Gasteiger partial charge is 0.209 e. The summed E-state index contributed by atoms with van der Waals surface area (Å²) in [6, 6.07) is 20.3. The van der Waals surface area contributed by atoms with E-state index in [0.717, 1.165) is 32.3 Å². The molecular formula is C22H30N2O2. The van der Waals surface area contributed by atoms with Crippen molar-refractivity contribution in [2.75, 3.05) is 25.5 Å². The van der Waals surface area contributed by atoms with Gasteiger partial charge in [0.2, 0.25) is 6.41 Å². The van der Waals surface area contributed by atoms with E-state index in [0.29, 0.717) is 11.8 Å². The predicted molar refractivity (Wildman–Crippen MR) is 107 cm³/mol. The number of nitrogens with zero attached hydrogens (tertiary/aromatic N) is 1. The first-order valence-electron chi connectivity index (χ1n) is 9.24. The van der Waals surface area contributed by atoms with Crippen LogP contribution in [0.15, 0.2) is 60.7 Å². The van der Waals surface area contributed by atoms with E-state index in [4.69, 9.17) is 0 Å². The van der Waals surface area contributed by atoms with Crippen molar-refractivity contribution < 1.29 is 9.90 Å². The highest BCUT2D eigenvalue weighted by atomic mass is 16.3. The van der Waals surface area contributed by atoms with E-state index >= 15 is 0 Å². The molecule has 1 amide bonds. The van der Waals surface area contributed by atoms with Crippen molar-refractivity contribution >= 4 is 12.1 Å². The van der Waals surface area contributed by atoms with Crippen LogP contribution in [0.3, 0.4) is 0 Å². The third-order valence-corrected chi connectivity index (χ3v) is 4.91. The molecule has 3 atom stereocenters. The van der Waals surface area contributed by atoms with Gasteiger partial charge in [-0.2, -0.15) is 0 Å². The maximum Gasteiger partial charge on any atom is 0.209 e. The molecule has 1 unspecified atom stereocenters. The zero-order valence-corrected chi connectivity index (χ0v) is 15.7. The van der Waals surface area contributed by atoms with Crippen molar-refractivity contribution in [1.29, 1.82) is 0 Å². The molecule has 0 aromatic heterocycles. The van der Waals surface area contributed by atoms with Gasteiger partial charge in [-0.05, 0) is 43.7 Å². The monoisotopic (exact) mass is 354 g/mol. The first kappa shape index (κ1) is 20.0. The quantitative estimate of drug-likeness (QED) is 0.811. The molecule has 2 aromatic rings. The molecule has 26 heavy (non-hydrogen) atoms. The summed E-state index contributed by atoms with van der Waals surface area (Å²) >= 11 is 0. The van der Waals surface area contributed by atoms with Gasteiger partial charge < -0.3 is 15.3 Å². The molecule has 2 aliphatic rings. The third-order valence-electron chi connectivity index (χ3n) is 4.91. The van der Waals surface area contributed by atoms with Gasteiger partial charge in [0.15, 0.2) is 0 Å². The summed E-state index contributed by atoms with van der Waals surface area (Å²) < 4.78 is 0. The number of aliphatic hydroxyl groups is 1. The van der Waals surface area contributed by atoms with Gasteiger partial charge in [0.25, 0.3) is 0 Å². The lowest BCUT2D eigenvalue weighted by molar-refractivity contribution is -0.117. The minimum absolute atomic E-state index is 0.0983. The summed E-state index contributed by atoms with van der Waals surface area (Å²) in [5.74, 6) is 1.16. The van der Waals surface area contributed by atoms with Gasteiger partial charge in [0.1, 0.15) is 0 Å². The zero-order valence-electron chi connectivity index (χ0n) is 15.7. The van der Waals surface area contributed by atoms with Gasteiger partial charge in [-0.25, -0.2) is 0 Å². The number of anilines is 1. The van der Waals surface area contributed by atoms with Gasteiger partial charge in [-0.15, -0.1) is 0 Å². The molecule has 1 aliphatic carbocycles. The van der Waals surface area contributed by atoms with Crippen LogP contribution in [0.25, 0.3) is 0 Å². The molecule has 140 valence electrons. The average Bonchev–Trinajstić information content (AvgIpc) is 3.22. The molecule has 4 rings (SSSR count). The number of aryl methyl sites for hydroxylation is 1. The fourth-order valence-electron chi connectivity index (χ4n) is 3.50. The fourth-order valence-corrected chi connectivity index (χ4v) is 3.50. The van der Waals surface area contributed by atoms with E-state index in [-0.39, 0.29) is 6.10 Å². The number of aliphatic hydroxyl groups excluding tert-OH is 1. The summed E-state index contributed by atoms with van der Waals surface area (Å²) in [5.41, 5.74) is 2.47. The number of carbonyl (C=O) groups excluding carboxylic acids is 1. The fraction of sp³-hybridized carbons (Fsp3) is 0.409. The zero-order chi connectivity index (χ0) is 18.8. The Bertz CT molecular complexity index is 590. The predicted octanol–water partition coefficient (Wildman–Crippen LogP) is 3.57. The van der Waals surface area contributed by atoms with Crippen molar-refractivity contribution in [3.05, 3.63) is 66.2 Å². The van der Waals surface area contributed by atoms with E-state index in [9.17, 15) is 9.90 Å². The number of carbonyl (C=O) groups is 1. The molecule has 4 heteroatoms. The largest absolute Gasteiger partial charge is 0.393 e. The standard InChI is InChI=1S/C8H13NO2.C8H11N.C6H6/c10-5-9-3-6-1-8(11)2-7(6)4-9;1-7-3-5-8(9-2)6-4-7;1-2-4-6-5-3-1/h5-8,11H,1-4H2;3-6,9H,1-2H3;1-6H/t6-,7+,8?;;. The van der Waals surface area contributed by atoms with Crippen molar-refractivity contribution in [3.63, 3.8) is 0 Å². The van der Waals surface area contributed by atoms with Crippen LogP contribution in [0.5, 0.6) is 0 Å². The summed E-state index contributed by atoms with van der Waals surface area (Å²) in [4.78, 5) is 12.2. The normalized spacial score (nSPS) is 23.0. The Morgan fingerprint density at radius 3 is 1.81 bits per heavy atom. The van der Waals surface area contributed by atoms with E-state index in [1.165, 1.54) is 11.3 Å². The Hall–Kier alpha value is -2.33. The minimum Gasteiger partial charge on any atom is -0.393 e. The van der Waals surface area contributed by atoms with E-state index in [1.54, 1.807) is 0 Å². The number of hydrogen-bond donors (Lipinski definition) is 2. The van der Waals surface area contributed by atoms with Crippen LogP contribution >= 0.6 is 0 Å². The first-order chi connectivity index (χ1) is 12.6. The minimum atomic E-state index is -0.0983. The van der Waals surface area contributed by atoms with Gasteiger partial charge in [0, 0.05) is 25.8 Å². The lowest BCUT2D eigenvalue weighted by Crippen LogP contribution is -2.20. The van der Waals surface area contributed by atoms with Gasteiger partial charge in [-0.3, -0.25) is 4.79 Å². The third kappa shape index (κ3) is 6.52. The molecule has 0 bridgehead atoms. The highest BCUT2D eigenvalue weighted by Gasteiger charge is 2.39. The second-order valence-electron chi connectivity index (χ2n) is 6.98. The molecule has 1 saturated carbocycles. The number of likely N-dealkylation sites (tertiary alicyclic amines) is 1. The number of benzene rings is 2. The second kappa shape index (κ2) is 10.6. The number of rotatable bonds is 2. The van der Waals surface area contributed by atoms with E-state index < -0.39 is 0 Å². The molecule has 4 nitrogen and oxygen atoms in total. The highest BCUT2D eigenvalue weighted by Crippen LogP contribution is 2.37. The summed E-state index contributed by atoms with van der Waals surface area (Å²) in [5, 5.41) is 12.3. The Balaban J connectivity index is 0.000000147. The van der Waals surface area contributed by atoms with Crippen LogP contribution in [-0.4, -0.2) is 42.7 Å². The molecule has 1 saturated heterocycles. The Morgan fingerprint density at radius 1 is 0.962 bits per heavy atom. The van der Waals surface area contributed by atoms with Crippen LogP contribution in [0.1, 0.15) is 18.4 Å². The molecule has 1 heterocycles. The molecule has 0 spiro atoms. The highest BCUT2D eigenvalue weighted by molar-refractivity contribution is 5.47. The maximum atomic E-state index is 10.4. The van der Waals surface area contributed by atoms with Crippen LogP contribution in [-0.2, 0) is 4.79 Å². The van der Waals surface area contributed by atoms with Crippen LogP contribution in [0, 0.1) is 18.8 Å². The Labute approximate surface area is 156 Å². The Morgan fingerprint density at radius 2 is 1.42 bits per heavy atom. The number of amides is 1. The van der Waals surface area contributed by atoms with E-state index in [1.807, 2.05) is 48.3 Å². The Kier molecular flexibility index (Phi) is 8.16. The van der Waals surface area contributed by atoms with Crippen molar-refractivity contribution in [2.24, 2.45) is 11.8 Å². The average molecular weight is 354 g/mol. The van der Waals surface area contributed by atoms with Gasteiger partial charge in [-0.1, -0.05) is 54.1 Å². The molecule has 2 fully saturated rings. The molecule has 2 aromatic carbocycles. The number of nitrogens with one attached hydrogen (secondary N) is 1. The maximum absolute atomic E-state index is 10.4. The number of hydrogen-bond acceptors (Lipinski definition) is 3. The van der Waals surface area contributed by atoms with Crippen LogP contribution in [0.2, 0.25) is 0 Å². The first-order valence-corrected chi connectivity index (χ1v) is 9.24. The summed E-state index contributed by atoms with van der Waals surface area (Å²) in [7, 11) is 1.92.